The molecule has 7 heteroatoms. The molecule has 2 heterocycles. The zero-order valence-electron chi connectivity index (χ0n) is 13.5. The average molecular weight is 338 g/mol. The van der Waals surface area contributed by atoms with Crippen molar-refractivity contribution in [3.05, 3.63) is 65.5 Å². The second-order valence-electron chi connectivity index (χ2n) is 6.17. The Bertz CT molecular complexity index is 864. The summed E-state index contributed by atoms with van der Waals surface area (Å²) in [5, 5.41) is 9.53. The lowest BCUT2D eigenvalue weighted by Crippen LogP contribution is -2.39. The molecule has 1 fully saturated rings. The van der Waals surface area contributed by atoms with Gasteiger partial charge in [-0.05, 0) is 36.8 Å². The van der Waals surface area contributed by atoms with Crippen LogP contribution in [0.4, 0.5) is 10.1 Å². The highest BCUT2D eigenvalue weighted by atomic mass is 19.1. The number of hydrogen-bond acceptors (Lipinski definition) is 5. The molecule has 0 unspecified atom stereocenters. The lowest BCUT2D eigenvalue weighted by Gasteiger charge is -2.20. The Kier molecular flexibility index (Phi) is 3.56. The molecule has 0 radical (unpaired) electrons. The molecule has 4 rings (SSSR count). The summed E-state index contributed by atoms with van der Waals surface area (Å²) in [6.07, 6.45) is 0. The Morgan fingerprint density at radius 1 is 1.00 bits per heavy atom. The van der Waals surface area contributed by atoms with Crippen molar-refractivity contribution in [2.45, 2.75) is 25.6 Å². The van der Waals surface area contributed by atoms with Gasteiger partial charge < -0.3 is 0 Å². The maximum atomic E-state index is 13.1. The molecule has 0 saturated carbocycles. The van der Waals surface area contributed by atoms with E-state index in [2.05, 4.69) is 10.3 Å². The van der Waals surface area contributed by atoms with Gasteiger partial charge >= 0.3 is 0 Å². The summed E-state index contributed by atoms with van der Waals surface area (Å²) in [6.45, 7) is 2.39. The van der Waals surface area contributed by atoms with Crippen LogP contribution in [-0.4, -0.2) is 28.9 Å². The largest absolute Gasteiger partial charge is 0.271 e. The van der Waals surface area contributed by atoms with Crippen LogP contribution in [0.1, 0.15) is 11.1 Å². The summed E-state index contributed by atoms with van der Waals surface area (Å²) in [6, 6.07) is 11.5. The van der Waals surface area contributed by atoms with Gasteiger partial charge in [0.25, 0.3) is 11.8 Å². The number of aryl methyl sites for hydroxylation is 1. The van der Waals surface area contributed by atoms with Crippen molar-refractivity contribution >= 4 is 17.5 Å². The van der Waals surface area contributed by atoms with E-state index in [9.17, 15) is 14.0 Å². The van der Waals surface area contributed by atoms with Gasteiger partial charge in [0.15, 0.2) is 12.1 Å². The minimum atomic E-state index is -0.844. The highest BCUT2D eigenvalue weighted by Gasteiger charge is 2.54. The number of carbonyl (C=O) groups is 2. The molecular formula is C18H15FN4O2. The third-order valence-corrected chi connectivity index (χ3v) is 4.41. The molecule has 0 spiro atoms. The number of fused-ring (bicyclic) bond motifs is 1. The van der Waals surface area contributed by atoms with Crippen LogP contribution >= 0.6 is 0 Å². The number of carbonyl (C=O) groups excluding carboxylic acids is 2. The van der Waals surface area contributed by atoms with E-state index in [0.29, 0.717) is 12.2 Å². The molecule has 2 aliphatic heterocycles. The van der Waals surface area contributed by atoms with Gasteiger partial charge in [0.2, 0.25) is 0 Å². The summed E-state index contributed by atoms with van der Waals surface area (Å²) < 4.78 is 13.1. The lowest BCUT2D eigenvalue weighted by molar-refractivity contribution is -0.123. The molecule has 2 aromatic carbocycles. The van der Waals surface area contributed by atoms with Crippen LogP contribution in [0.2, 0.25) is 0 Å². The molecule has 0 aliphatic carbocycles. The van der Waals surface area contributed by atoms with E-state index in [4.69, 9.17) is 0 Å². The van der Waals surface area contributed by atoms with Gasteiger partial charge in [-0.2, -0.15) is 5.11 Å². The van der Waals surface area contributed by atoms with Gasteiger partial charge in [0, 0.05) is 0 Å². The van der Waals surface area contributed by atoms with Gasteiger partial charge in [-0.15, -0.1) is 0 Å². The summed E-state index contributed by atoms with van der Waals surface area (Å²) >= 11 is 0. The van der Waals surface area contributed by atoms with Gasteiger partial charge in [-0.25, -0.2) is 9.29 Å². The van der Waals surface area contributed by atoms with E-state index in [1.165, 1.54) is 24.3 Å². The first-order valence-electron chi connectivity index (χ1n) is 7.91. The summed E-state index contributed by atoms with van der Waals surface area (Å²) in [5.41, 5.74) is 2.46. The number of hydrogen-bond donors (Lipinski definition) is 0. The summed E-state index contributed by atoms with van der Waals surface area (Å²) in [5.74, 6) is -1.25. The van der Waals surface area contributed by atoms with E-state index >= 15 is 0 Å². The highest BCUT2D eigenvalue weighted by molar-refractivity contribution is 6.25. The van der Waals surface area contributed by atoms with Crippen molar-refractivity contribution in [2.75, 3.05) is 4.90 Å². The predicted octanol–water partition coefficient (Wildman–Crippen LogP) is 2.63. The number of benzene rings is 2. The molecule has 2 aliphatic rings. The Morgan fingerprint density at radius 2 is 1.68 bits per heavy atom. The Morgan fingerprint density at radius 3 is 2.36 bits per heavy atom. The van der Waals surface area contributed by atoms with Crippen molar-refractivity contribution in [3.8, 4) is 0 Å². The quantitative estimate of drug-likeness (QED) is 0.808. The zero-order valence-corrected chi connectivity index (χ0v) is 13.5. The molecule has 1 saturated heterocycles. The number of nitrogens with zero attached hydrogens (tertiary/aromatic N) is 4. The zero-order chi connectivity index (χ0) is 17.6. The second-order valence-corrected chi connectivity index (χ2v) is 6.17. The van der Waals surface area contributed by atoms with Crippen molar-refractivity contribution < 1.29 is 14.0 Å². The molecule has 25 heavy (non-hydrogen) atoms. The van der Waals surface area contributed by atoms with Crippen LogP contribution in [0.15, 0.2) is 58.9 Å². The number of halogens is 1. The standard InChI is InChI=1S/C18H15FN4O2/c1-11-2-4-12(5-3-11)10-22-16-15(20-21-22)17(24)23(18(16)25)14-8-6-13(19)7-9-14/h2-9,15-16H,10H2,1H3/t15-,16-/m1/s1. The third kappa shape index (κ3) is 2.57. The number of rotatable bonds is 3. The smallest absolute Gasteiger partial charge is 0.263 e. The molecule has 2 amide bonds. The van der Waals surface area contributed by atoms with E-state index in [0.717, 1.165) is 16.0 Å². The van der Waals surface area contributed by atoms with Crippen LogP contribution in [0.3, 0.4) is 0 Å². The SMILES string of the molecule is Cc1ccc(CN2N=N[C@H]3C(=O)N(c4ccc(F)cc4)C(=O)[C@@H]32)cc1. The summed E-state index contributed by atoms with van der Waals surface area (Å²) in [4.78, 5) is 26.4. The molecule has 0 N–H and O–H groups in total. The van der Waals surface area contributed by atoms with Crippen LogP contribution in [0, 0.1) is 12.7 Å². The molecular weight excluding hydrogens is 323 g/mol. The normalized spacial score (nSPS) is 22.0. The molecule has 2 atom stereocenters. The third-order valence-electron chi connectivity index (χ3n) is 4.41. The predicted molar refractivity (Wildman–Crippen MR) is 88.0 cm³/mol. The lowest BCUT2D eigenvalue weighted by atomic mass is 10.1. The Labute approximate surface area is 143 Å². The fourth-order valence-electron chi connectivity index (χ4n) is 3.08. The van der Waals surface area contributed by atoms with Crippen molar-refractivity contribution in [1.29, 1.82) is 0 Å². The fourth-order valence-corrected chi connectivity index (χ4v) is 3.08. The summed E-state index contributed by atoms with van der Waals surface area (Å²) in [7, 11) is 0. The van der Waals surface area contributed by atoms with Crippen molar-refractivity contribution in [3.63, 3.8) is 0 Å². The van der Waals surface area contributed by atoms with E-state index in [-0.39, 0.29) is 0 Å². The molecule has 0 bridgehead atoms. The van der Waals surface area contributed by atoms with Crippen LogP contribution < -0.4 is 4.90 Å². The number of amides is 2. The maximum Gasteiger partial charge on any atom is 0.263 e. The Balaban J connectivity index is 1.59. The van der Waals surface area contributed by atoms with E-state index in [1.807, 2.05) is 31.2 Å². The van der Waals surface area contributed by atoms with Crippen LogP contribution in [-0.2, 0) is 16.1 Å². The van der Waals surface area contributed by atoms with Crippen molar-refractivity contribution in [2.24, 2.45) is 10.3 Å². The first-order valence-corrected chi connectivity index (χ1v) is 7.91. The molecule has 6 nitrogen and oxygen atoms in total. The van der Waals surface area contributed by atoms with Gasteiger partial charge in [-0.3, -0.25) is 14.6 Å². The topological polar surface area (TPSA) is 65.3 Å². The van der Waals surface area contributed by atoms with E-state index in [1.54, 1.807) is 5.01 Å². The average Bonchev–Trinajstić information content (AvgIpc) is 3.12. The molecule has 126 valence electrons. The number of imide groups is 1. The van der Waals surface area contributed by atoms with Gasteiger partial charge in [0.05, 0.1) is 12.2 Å². The second kappa shape index (κ2) is 5.77. The number of anilines is 1. The van der Waals surface area contributed by atoms with Gasteiger partial charge in [0.1, 0.15) is 5.82 Å². The van der Waals surface area contributed by atoms with Gasteiger partial charge in [-0.1, -0.05) is 35.1 Å². The maximum absolute atomic E-state index is 13.1. The van der Waals surface area contributed by atoms with E-state index < -0.39 is 29.7 Å². The first kappa shape index (κ1) is 15.4. The molecule has 0 aromatic heterocycles. The molecule has 2 aromatic rings. The minimum absolute atomic E-state index is 0.344. The Hall–Kier alpha value is -3.09. The van der Waals surface area contributed by atoms with Crippen LogP contribution in [0.5, 0.6) is 0 Å². The monoisotopic (exact) mass is 338 g/mol. The van der Waals surface area contributed by atoms with Crippen LogP contribution in [0.25, 0.3) is 0 Å². The highest BCUT2D eigenvalue weighted by Crippen LogP contribution is 2.32. The van der Waals surface area contributed by atoms with Crippen molar-refractivity contribution in [1.82, 2.24) is 5.01 Å². The first-order chi connectivity index (χ1) is 12.0. The fraction of sp³-hybridized carbons (Fsp3) is 0.222. The minimum Gasteiger partial charge on any atom is -0.271 e.